The first-order valence-electron chi connectivity index (χ1n) is 8.92. The minimum Gasteiger partial charge on any atom is -0.468 e. The molecule has 3 fully saturated rings. The van der Waals surface area contributed by atoms with Gasteiger partial charge in [0.1, 0.15) is 11.4 Å². The summed E-state index contributed by atoms with van der Waals surface area (Å²) in [6, 6.07) is 3.87. The van der Waals surface area contributed by atoms with Gasteiger partial charge in [-0.1, -0.05) is 0 Å². The number of hydrogen-bond donors (Lipinski definition) is 0. The average Bonchev–Trinajstić information content (AvgIpc) is 3.31. The van der Waals surface area contributed by atoms with Crippen LogP contribution in [0.3, 0.4) is 0 Å². The van der Waals surface area contributed by atoms with Gasteiger partial charge < -0.3 is 14.1 Å². The maximum absolute atomic E-state index is 13.0. The SMILES string of the molecule is O=C1C[C@H](C(=O)N2CCN(Cc3ccco3)CC2)C2(CCCC2)O1. The second kappa shape index (κ2) is 6.24. The number of furan rings is 1. The quantitative estimate of drug-likeness (QED) is 0.790. The third-order valence-corrected chi connectivity index (χ3v) is 5.71. The molecule has 4 rings (SSSR count). The molecule has 1 saturated carbocycles. The molecule has 0 unspecified atom stereocenters. The fourth-order valence-electron chi connectivity index (χ4n) is 4.40. The van der Waals surface area contributed by atoms with Gasteiger partial charge in [-0.3, -0.25) is 14.5 Å². The molecule has 130 valence electrons. The Kier molecular flexibility index (Phi) is 4.08. The lowest BCUT2D eigenvalue weighted by atomic mass is 9.84. The maximum atomic E-state index is 13.0. The Morgan fingerprint density at radius 3 is 2.62 bits per heavy atom. The molecule has 24 heavy (non-hydrogen) atoms. The molecular formula is C18H24N2O4. The topological polar surface area (TPSA) is 63.0 Å². The smallest absolute Gasteiger partial charge is 0.307 e. The van der Waals surface area contributed by atoms with Crippen LogP contribution in [-0.2, 0) is 20.9 Å². The van der Waals surface area contributed by atoms with Crippen LogP contribution in [0.15, 0.2) is 22.8 Å². The van der Waals surface area contributed by atoms with Gasteiger partial charge in [-0.2, -0.15) is 0 Å². The van der Waals surface area contributed by atoms with Crippen LogP contribution in [0, 0.1) is 5.92 Å². The number of carbonyl (C=O) groups is 2. The number of ether oxygens (including phenoxy) is 1. The molecule has 2 aliphatic heterocycles. The van der Waals surface area contributed by atoms with Crippen molar-refractivity contribution in [1.29, 1.82) is 0 Å². The van der Waals surface area contributed by atoms with Crippen molar-refractivity contribution in [2.45, 2.75) is 44.2 Å². The minimum atomic E-state index is -0.501. The molecule has 6 nitrogen and oxygen atoms in total. The van der Waals surface area contributed by atoms with Gasteiger partial charge in [0.25, 0.3) is 0 Å². The molecule has 2 saturated heterocycles. The maximum Gasteiger partial charge on any atom is 0.307 e. The molecule has 6 heteroatoms. The number of amides is 1. The van der Waals surface area contributed by atoms with Gasteiger partial charge in [0.2, 0.25) is 5.91 Å². The molecule has 0 radical (unpaired) electrons. The molecule has 0 bridgehead atoms. The van der Waals surface area contributed by atoms with E-state index in [1.54, 1.807) is 6.26 Å². The van der Waals surface area contributed by atoms with Crippen molar-refractivity contribution >= 4 is 11.9 Å². The molecule has 0 aromatic carbocycles. The van der Waals surface area contributed by atoms with Gasteiger partial charge in [0.05, 0.1) is 25.1 Å². The van der Waals surface area contributed by atoms with Crippen LogP contribution < -0.4 is 0 Å². The lowest BCUT2D eigenvalue weighted by molar-refractivity contribution is -0.152. The normalized spacial score (nSPS) is 26.9. The van der Waals surface area contributed by atoms with Crippen LogP contribution in [0.4, 0.5) is 0 Å². The first-order chi connectivity index (χ1) is 11.7. The number of carbonyl (C=O) groups excluding carboxylic acids is 2. The van der Waals surface area contributed by atoms with E-state index >= 15 is 0 Å². The first-order valence-corrected chi connectivity index (χ1v) is 8.92. The summed E-state index contributed by atoms with van der Waals surface area (Å²) in [5, 5.41) is 0. The molecule has 3 aliphatic rings. The predicted octanol–water partition coefficient (Wildman–Crippen LogP) is 1.80. The van der Waals surface area contributed by atoms with E-state index in [1.807, 2.05) is 17.0 Å². The summed E-state index contributed by atoms with van der Waals surface area (Å²) in [6.45, 7) is 3.87. The van der Waals surface area contributed by atoms with Crippen LogP contribution >= 0.6 is 0 Å². The molecular weight excluding hydrogens is 308 g/mol. The standard InChI is InChI=1S/C18H24N2O4/c21-16-12-15(18(24-16)5-1-2-6-18)17(22)20-9-7-19(8-10-20)13-14-4-3-11-23-14/h3-4,11,15H,1-2,5-10,12-13H2/t15-/m1/s1. The Morgan fingerprint density at radius 2 is 1.96 bits per heavy atom. The molecule has 1 atom stereocenters. The Morgan fingerprint density at radius 1 is 1.21 bits per heavy atom. The Hall–Kier alpha value is -1.82. The summed E-state index contributed by atoms with van der Waals surface area (Å²) < 4.78 is 11.0. The summed E-state index contributed by atoms with van der Waals surface area (Å²) in [4.78, 5) is 29.0. The minimum absolute atomic E-state index is 0.111. The molecule has 1 aliphatic carbocycles. The van der Waals surface area contributed by atoms with Crippen molar-refractivity contribution < 1.29 is 18.7 Å². The van der Waals surface area contributed by atoms with E-state index < -0.39 is 5.60 Å². The van der Waals surface area contributed by atoms with Crippen molar-refractivity contribution in [3.05, 3.63) is 24.2 Å². The highest BCUT2D eigenvalue weighted by Crippen LogP contribution is 2.46. The third-order valence-electron chi connectivity index (χ3n) is 5.71. The molecule has 1 spiro atoms. The number of esters is 1. The van der Waals surface area contributed by atoms with Gasteiger partial charge in [-0.25, -0.2) is 0 Å². The summed E-state index contributed by atoms with van der Waals surface area (Å²) in [5.41, 5.74) is -0.501. The number of nitrogens with zero attached hydrogens (tertiary/aromatic N) is 2. The summed E-state index contributed by atoms with van der Waals surface area (Å²) in [7, 11) is 0. The fraction of sp³-hybridized carbons (Fsp3) is 0.667. The Balaban J connectivity index is 1.36. The van der Waals surface area contributed by atoms with Crippen molar-refractivity contribution in [2.24, 2.45) is 5.92 Å². The van der Waals surface area contributed by atoms with Crippen LogP contribution in [0.5, 0.6) is 0 Å². The number of piperazine rings is 1. The molecule has 1 amide bonds. The van der Waals surface area contributed by atoms with Crippen LogP contribution in [0.1, 0.15) is 37.9 Å². The van der Waals surface area contributed by atoms with E-state index in [-0.39, 0.29) is 24.2 Å². The fourth-order valence-corrected chi connectivity index (χ4v) is 4.40. The third kappa shape index (κ3) is 2.83. The van der Waals surface area contributed by atoms with E-state index in [2.05, 4.69) is 4.90 Å². The van der Waals surface area contributed by atoms with Crippen LogP contribution in [0.2, 0.25) is 0 Å². The van der Waals surface area contributed by atoms with Crippen molar-refractivity contribution in [3.63, 3.8) is 0 Å². The van der Waals surface area contributed by atoms with Gasteiger partial charge >= 0.3 is 5.97 Å². The van der Waals surface area contributed by atoms with Gasteiger partial charge in [0, 0.05) is 26.2 Å². The van der Waals surface area contributed by atoms with Gasteiger partial charge in [0.15, 0.2) is 0 Å². The summed E-state index contributed by atoms with van der Waals surface area (Å²) in [6.07, 6.45) is 5.72. The first kappa shape index (κ1) is 15.7. The van der Waals surface area contributed by atoms with Gasteiger partial charge in [-0.05, 0) is 37.8 Å². The Labute approximate surface area is 141 Å². The Bertz CT molecular complexity index is 599. The highest BCUT2D eigenvalue weighted by molar-refractivity contribution is 5.88. The largest absolute Gasteiger partial charge is 0.468 e. The van der Waals surface area contributed by atoms with Crippen LogP contribution in [-0.4, -0.2) is 53.5 Å². The second-order valence-electron chi connectivity index (χ2n) is 7.18. The predicted molar refractivity (Wildman–Crippen MR) is 86.0 cm³/mol. The lowest BCUT2D eigenvalue weighted by Gasteiger charge is -2.37. The summed E-state index contributed by atoms with van der Waals surface area (Å²) in [5.74, 6) is 0.589. The average molecular weight is 332 g/mol. The molecule has 3 heterocycles. The van der Waals surface area contributed by atoms with E-state index in [0.717, 1.165) is 51.1 Å². The molecule has 1 aromatic rings. The highest BCUT2D eigenvalue weighted by atomic mass is 16.6. The molecule has 0 N–H and O–H groups in total. The van der Waals surface area contributed by atoms with E-state index in [4.69, 9.17) is 9.15 Å². The zero-order chi connectivity index (χ0) is 16.6. The number of rotatable bonds is 3. The van der Waals surface area contributed by atoms with Gasteiger partial charge in [-0.15, -0.1) is 0 Å². The van der Waals surface area contributed by atoms with E-state index in [1.165, 1.54) is 0 Å². The summed E-state index contributed by atoms with van der Waals surface area (Å²) >= 11 is 0. The monoisotopic (exact) mass is 332 g/mol. The zero-order valence-corrected chi connectivity index (χ0v) is 13.9. The highest BCUT2D eigenvalue weighted by Gasteiger charge is 2.54. The number of hydrogen-bond acceptors (Lipinski definition) is 5. The lowest BCUT2D eigenvalue weighted by Crippen LogP contribution is -2.52. The zero-order valence-electron chi connectivity index (χ0n) is 13.9. The second-order valence-corrected chi connectivity index (χ2v) is 7.18. The van der Waals surface area contributed by atoms with Crippen molar-refractivity contribution in [3.8, 4) is 0 Å². The van der Waals surface area contributed by atoms with Crippen LogP contribution in [0.25, 0.3) is 0 Å². The van der Waals surface area contributed by atoms with Crippen molar-refractivity contribution in [1.82, 2.24) is 9.80 Å². The molecule has 1 aromatic heterocycles. The van der Waals surface area contributed by atoms with Crippen molar-refractivity contribution in [2.75, 3.05) is 26.2 Å². The van der Waals surface area contributed by atoms with E-state index in [0.29, 0.717) is 13.1 Å². The van der Waals surface area contributed by atoms with E-state index in [9.17, 15) is 9.59 Å².